The molecule has 23 heavy (non-hydrogen) atoms. The smallest absolute Gasteiger partial charge is 0.153 e. The van der Waals surface area contributed by atoms with Gasteiger partial charge in [-0.1, -0.05) is 6.92 Å². The summed E-state index contributed by atoms with van der Waals surface area (Å²) in [4.78, 5) is 6.58. The number of aryl methyl sites for hydroxylation is 1. The van der Waals surface area contributed by atoms with Crippen molar-refractivity contribution in [1.29, 1.82) is 5.41 Å². The Balaban J connectivity index is 2.17. The number of hydrogen-bond acceptors (Lipinski definition) is 6. The minimum absolute atomic E-state index is 0.0636. The van der Waals surface area contributed by atoms with Gasteiger partial charge in [0.2, 0.25) is 0 Å². The fourth-order valence-corrected chi connectivity index (χ4v) is 2.24. The van der Waals surface area contributed by atoms with Crippen LogP contribution in [0.2, 0.25) is 0 Å². The Kier molecular flexibility index (Phi) is 5.17. The van der Waals surface area contributed by atoms with Gasteiger partial charge in [0.1, 0.15) is 11.7 Å². The van der Waals surface area contributed by atoms with Crippen LogP contribution >= 0.6 is 0 Å². The Morgan fingerprint density at radius 1 is 1.39 bits per heavy atom. The van der Waals surface area contributed by atoms with Gasteiger partial charge in [-0.15, -0.1) is 0 Å². The predicted octanol–water partition coefficient (Wildman–Crippen LogP) is 1.01. The van der Waals surface area contributed by atoms with Gasteiger partial charge in [-0.25, -0.2) is 4.98 Å². The molecule has 0 atom stereocenters. The number of nitrogens with zero attached hydrogens (tertiary/aromatic N) is 4. The molecule has 0 aliphatic carbocycles. The molecule has 0 fully saturated rings. The lowest BCUT2D eigenvalue weighted by Crippen LogP contribution is -2.19. The summed E-state index contributed by atoms with van der Waals surface area (Å²) >= 11 is 0. The van der Waals surface area contributed by atoms with E-state index in [9.17, 15) is 0 Å². The van der Waals surface area contributed by atoms with E-state index in [1.165, 1.54) is 0 Å². The Morgan fingerprint density at radius 3 is 2.74 bits per heavy atom. The Morgan fingerprint density at radius 2 is 2.13 bits per heavy atom. The molecule has 6 N–H and O–H groups in total. The summed E-state index contributed by atoms with van der Waals surface area (Å²) in [7, 11) is 4.05. The van der Waals surface area contributed by atoms with Gasteiger partial charge in [-0.3, -0.25) is 10.1 Å². The third-order valence-electron chi connectivity index (χ3n) is 3.40. The van der Waals surface area contributed by atoms with Gasteiger partial charge in [0.15, 0.2) is 5.82 Å². The quantitative estimate of drug-likeness (QED) is 0.447. The lowest BCUT2D eigenvalue weighted by molar-refractivity contribution is 0.373. The van der Waals surface area contributed by atoms with E-state index in [0.29, 0.717) is 35.0 Å². The summed E-state index contributed by atoms with van der Waals surface area (Å²) < 4.78 is 1.87. The van der Waals surface area contributed by atoms with Gasteiger partial charge < -0.3 is 21.7 Å². The van der Waals surface area contributed by atoms with E-state index in [-0.39, 0.29) is 5.84 Å². The Bertz CT molecular complexity index is 689. The molecule has 0 amide bonds. The molecule has 0 unspecified atom stereocenters. The summed E-state index contributed by atoms with van der Waals surface area (Å²) in [6, 6.07) is 3.56. The number of hydrogen-bond donors (Lipinski definition) is 4. The highest BCUT2D eigenvalue weighted by atomic mass is 15.3. The topological polar surface area (TPSA) is 122 Å². The number of amidine groups is 1. The second-order valence-electron chi connectivity index (χ2n) is 5.58. The van der Waals surface area contributed by atoms with Crippen LogP contribution in [-0.2, 0) is 13.0 Å². The first-order valence-electron chi connectivity index (χ1n) is 7.49. The molecule has 0 saturated carbocycles. The molecule has 2 aromatic rings. The normalized spacial score (nSPS) is 11.0. The van der Waals surface area contributed by atoms with E-state index in [0.717, 1.165) is 13.1 Å². The van der Waals surface area contributed by atoms with Gasteiger partial charge in [0, 0.05) is 30.6 Å². The zero-order valence-electron chi connectivity index (χ0n) is 13.8. The molecule has 0 saturated heterocycles. The second kappa shape index (κ2) is 7.10. The van der Waals surface area contributed by atoms with Crippen LogP contribution in [0.25, 0.3) is 0 Å². The van der Waals surface area contributed by atoms with Gasteiger partial charge in [-0.05, 0) is 20.5 Å². The summed E-state index contributed by atoms with van der Waals surface area (Å²) in [5.74, 6) is 1.24. The molecule has 0 aliphatic rings. The average Bonchev–Trinajstić information content (AvgIpc) is 2.91. The molecule has 2 rings (SSSR count). The van der Waals surface area contributed by atoms with E-state index in [1.54, 1.807) is 6.07 Å². The molecule has 8 heteroatoms. The molecule has 0 bridgehead atoms. The molecule has 0 radical (unpaired) electrons. The fourth-order valence-electron chi connectivity index (χ4n) is 2.24. The van der Waals surface area contributed by atoms with Crippen molar-refractivity contribution < 1.29 is 0 Å². The zero-order valence-corrected chi connectivity index (χ0v) is 13.8. The molecule has 2 aromatic heterocycles. The average molecular weight is 316 g/mol. The maximum atomic E-state index is 7.61. The molecule has 124 valence electrons. The van der Waals surface area contributed by atoms with E-state index >= 15 is 0 Å². The maximum Gasteiger partial charge on any atom is 0.153 e. The lowest BCUT2D eigenvalue weighted by Gasteiger charge is -2.12. The van der Waals surface area contributed by atoms with Gasteiger partial charge >= 0.3 is 0 Å². The van der Waals surface area contributed by atoms with Gasteiger partial charge in [-0.2, -0.15) is 5.10 Å². The monoisotopic (exact) mass is 316 g/mol. The third kappa shape index (κ3) is 4.19. The zero-order chi connectivity index (χ0) is 17.0. The second-order valence-corrected chi connectivity index (χ2v) is 5.58. The molecule has 2 heterocycles. The standard InChI is InChI=1S/C15H24N8/c1-4-11-14(15(17)18)10(16)9-13(19-11)20-12-5-6-23(21-12)8-7-22(2)3/h5-6,9H,4,7-8H2,1-3H3,(H3,17,18)(H3,16,19,20,21). The van der Waals surface area contributed by atoms with Crippen LogP contribution in [0.5, 0.6) is 0 Å². The van der Waals surface area contributed by atoms with Gasteiger partial charge in [0.25, 0.3) is 0 Å². The number of nitrogens with one attached hydrogen (secondary N) is 2. The maximum absolute atomic E-state index is 7.61. The summed E-state index contributed by atoms with van der Waals surface area (Å²) in [5, 5.41) is 15.2. The van der Waals surface area contributed by atoms with E-state index in [1.807, 2.05) is 38.0 Å². The van der Waals surface area contributed by atoms with Crippen molar-refractivity contribution in [1.82, 2.24) is 19.7 Å². The van der Waals surface area contributed by atoms with Crippen molar-refractivity contribution in [3.63, 3.8) is 0 Å². The summed E-state index contributed by atoms with van der Waals surface area (Å²) in [5.41, 5.74) is 13.2. The van der Waals surface area contributed by atoms with Crippen molar-refractivity contribution in [2.75, 3.05) is 31.7 Å². The SMILES string of the molecule is CCc1nc(Nc2ccn(CCN(C)C)n2)cc(N)c1C(=N)N. The van der Waals surface area contributed by atoms with E-state index in [2.05, 4.69) is 20.3 Å². The number of aromatic nitrogens is 3. The van der Waals surface area contributed by atoms with Crippen molar-refractivity contribution in [2.45, 2.75) is 19.9 Å². The Labute approximate surface area is 136 Å². The molecule has 8 nitrogen and oxygen atoms in total. The van der Waals surface area contributed by atoms with Crippen LogP contribution in [0.4, 0.5) is 17.3 Å². The van der Waals surface area contributed by atoms with Gasteiger partial charge in [0.05, 0.1) is 17.8 Å². The summed E-state index contributed by atoms with van der Waals surface area (Å²) in [6.45, 7) is 3.68. The predicted molar refractivity (Wildman–Crippen MR) is 93.1 cm³/mol. The number of nitrogen functional groups attached to an aromatic ring is 2. The van der Waals surface area contributed by atoms with Crippen molar-refractivity contribution in [2.24, 2.45) is 5.73 Å². The minimum atomic E-state index is -0.0636. The summed E-state index contributed by atoms with van der Waals surface area (Å²) in [6.07, 6.45) is 2.56. The van der Waals surface area contributed by atoms with Crippen LogP contribution in [0.3, 0.4) is 0 Å². The van der Waals surface area contributed by atoms with Crippen LogP contribution in [0, 0.1) is 5.41 Å². The number of anilines is 3. The van der Waals surface area contributed by atoms with Crippen molar-refractivity contribution >= 4 is 23.2 Å². The van der Waals surface area contributed by atoms with Crippen LogP contribution < -0.4 is 16.8 Å². The first-order valence-corrected chi connectivity index (χ1v) is 7.49. The minimum Gasteiger partial charge on any atom is -0.398 e. The number of rotatable bonds is 7. The van der Waals surface area contributed by atoms with Crippen molar-refractivity contribution in [3.05, 3.63) is 29.6 Å². The third-order valence-corrected chi connectivity index (χ3v) is 3.40. The molecular formula is C15H24N8. The van der Waals surface area contributed by atoms with E-state index in [4.69, 9.17) is 16.9 Å². The number of pyridine rings is 1. The molecule has 0 spiro atoms. The molecular weight excluding hydrogens is 292 g/mol. The fraction of sp³-hybridized carbons (Fsp3) is 0.400. The van der Waals surface area contributed by atoms with Crippen LogP contribution in [0.15, 0.2) is 18.3 Å². The number of nitrogens with two attached hydrogens (primary N) is 2. The Hall–Kier alpha value is -2.61. The van der Waals surface area contributed by atoms with E-state index < -0.39 is 0 Å². The lowest BCUT2D eigenvalue weighted by atomic mass is 10.1. The highest BCUT2D eigenvalue weighted by Crippen LogP contribution is 2.22. The van der Waals surface area contributed by atoms with Crippen LogP contribution in [-0.4, -0.2) is 46.1 Å². The van der Waals surface area contributed by atoms with Crippen molar-refractivity contribution in [3.8, 4) is 0 Å². The largest absolute Gasteiger partial charge is 0.398 e. The molecule has 0 aromatic carbocycles. The van der Waals surface area contributed by atoms with Crippen LogP contribution in [0.1, 0.15) is 18.2 Å². The first kappa shape index (κ1) is 16.8. The highest BCUT2D eigenvalue weighted by molar-refractivity contribution is 6.01. The highest BCUT2D eigenvalue weighted by Gasteiger charge is 2.12. The molecule has 0 aliphatic heterocycles. The number of likely N-dealkylation sites (N-methyl/N-ethyl adjacent to an activating group) is 1. The first-order chi connectivity index (χ1) is 10.9.